The van der Waals surface area contributed by atoms with Gasteiger partial charge in [0.25, 0.3) is 0 Å². The van der Waals surface area contributed by atoms with E-state index in [4.69, 9.17) is 4.52 Å². The maximum atomic E-state index is 11.8. The first-order valence-electron chi connectivity index (χ1n) is 7.79. The lowest BCUT2D eigenvalue weighted by Gasteiger charge is -2.02. The van der Waals surface area contributed by atoms with Gasteiger partial charge in [-0.25, -0.2) is 4.98 Å². The number of H-pyrrole nitrogens is 1. The molecule has 0 aliphatic rings. The molecule has 24 heavy (non-hydrogen) atoms. The summed E-state index contributed by atoms with van der Waals surface area (Å²) in [5.74, 6) is 1.91. The van der Waals surface area contributed by atoms with E-state index in [0.717, 1.165) is 11.4 Å². The van der Waals surface area contributed by atoms with Gasteiger partial charge in [0.2, 0.25) is 17.6 Å². The molecule has 3 aromatic heterocycles. The van der Waals surface area contributed by atoms with Gasteiger partial charge in [-0.3, -0.25) is 9.78 Å². The van der Waals surface area contributed by atoms with Crippen LogP contribution in [0.3, 0.4) is 0 Å². The average Bonchev–Trinajstić information content (AvgIpc) is 3.28. The highest BCUT2D eigenvalue weighted by molar-refractivity contribution is 5.75. The minimum atomic E-state index is 0.00792. The van der Waals surface area contributed by atoms with E-state index in [1.54, 1.807) is 24.8 Å². The zero-order chi connectivity index (χ0) is 16.6. The van der Waals surface area contributed by atoms with Gasteiger partial charge in [-0.1, -0.05) is 5.16 Å². The third-order valence-electron chi connectivity index (χ3n) is 3.42. The van der Waals surface area contributed by atoms with E-state index in [0.29, 0.717) is 43.9 Å². The molecule has 0 aliphatic heterocycles. The van der Waals surface area contributed by atoms with Crippen LogP contribution in [0.2, 0.25) is 0 Å². The molecule has 0 bridgehead atoms. The van der Waals surface area contributed by atoms with Crippen LogP contribution in [-0.4, -0.2) is 37.5 Å². The molecule has 3 aromatic rings. The van der Waals surface area contributed by atoms with Gasteiger partial charge >= 0.3 is 0 Å². The number of amides is 1. The smallest absolute Gasteiger partial charge is 0.226 e. The van der Waals surface area contributed by atoms with Crippen molar-refractivity contribution in [3.05, 3.63) is 48.6 Å². The van der Waals surface area contributed by atoms with Crippen LogP contribution in [-0.2, 0) is 17.6 Å². The van der Waals surface area contributed by atoms with Crippen LogP contribution >= 0.6 is 0 Å². The average molecular weight is 326 g/mol. The second kappa shape index (κ2) is 8.00. The van der Waals surface area contributed by atoms with E-state index < -0.39 is 0 Å². The van der Waals surface area contributed by atoms with E-state index in [9.17, 15) is 4.79 Å². The molecule has 0 saturated heterocycles. The third kappa shape index (κ3) is 4.48. The molecular weight excluding hydrogens is 308 g/mol. The molecule has 0 saturated carbocycles. The molecule has 3 heterocycles. The second-order valence-corrected chi connectivity index (χ2v) is 5.24. The standard InChI is InChI=1S/C16H18N6O2/c23-14(20-8-6-13-18-9-10-19-13)4-1-5-15-21-16(22-24-15)12-3-2-7-17-11-12/h2-3,7,9-11H,1,4-6,8H2,(H,18,19)(H,20,23). The first kappa shape index (κ1) is 15.9. The van der Waals surface area contributed by atoms with Crippen molar-refractivity contribution in [1.29, 1.82) is 0 Å². The summed E-state index contributed by atoms with van der Waals surface area (Å²) in [5, 5.41) is 6.79. The Labute approximate surface area is 138 Å². The predicted octanol–water partition coefficient (Wildman–Crippen LogP) is 1.54. The number of carbonyl (C=O) groups is 1. The van der Waals surface area contributed by atoms with Crippen molar-refractivity contribution >= 4 is 5.91 Å². The van der Waals surface area contributed by atoms with E-state index in [1.807, 2.05) is 12.1 Å². The van der Waals surface area contributed by atoms with Gasteiger partial charge in [0, 0.05) is 56.2 Å². The summed E-state index contributed by atoms with van der Waals surface area (Å²) < 4.78 is 5.20. The van der Waals surface area contributed by atoms with Crippen molar-refractivity contribution in [2.75, 3.05) is 6.54 Å². The number of hydrogen-bond donors (Lipinski definition) is 2. The summed E-state index contributed by atoms with van der Waals surface area (Å²) in [6.45, 7) is 0.568. The van der Waals surface area contributed by atoms with Crippen LogP contribution in [0.15, 0.2) is 41.4 Å². The lowest BCUT2D eigenvalue weighted by molar-refractivity contribution is -0.121. The predicted molar refractivity (Wildman–Crippen MR) is 85.8 cm³/mol. The number of aryl methyl sites for hydroxylation is 1. The number of imidazole rings is 1. The maximum absolute atomic E-state index is 11.8. The minimum Gasteiger partial charge on any atom is -0.356 e. The van der Waals surface area contributed by atoms with Gasteiger partial charge in [0.05, 0.1) is 0 Å². The number of hydrogen-bond acceptors (Lipinski definition) is 6. The maximum Gasteiger partial charge on any atom is 0.226 e. The van der Waals surface area contributed by atoms with Gasteiger partial charge in [0.1, 0.15) is 5.82 Å². The molecule has 8 heteroatoms. The molecule has 8 nitrogen and oxygen atoms in total. The summed E-state index contributed by atoms with van der Waals surface area (Å²) in [7, 11) is 0. The van der Waals surface area contributed by atoms with Crippen LogP contribution in [0.5, 0.6) is 0 Å². The Kier molecular flexibility index (Phi) is 5.28. The highest BCUT2D eigenvalue weighted by Gasteiger charge is 2.09. The number of nitrogens with one attached hydrogen (secondary N) is 2. The summed E-state index contributed by atoms with van der Waals surface area (Å²) in [5.41, 5.74) is 0.808. The number of aromatic amines is 1. The lowest BCUT2D eigenvalue weighted by Crippen LogP contribution is -2.25. The number of pyridine rings is 1. The molecule has 3 rings (SSSR count). The first-order chi connectivity index (χ1) is 11.8. The molecule has 0 fully saturated rings. The van der Waals surface area contributed by atoms with Gasteiger partial charge in [0.15, 0.2) is 0 Å². The highest BCUT2D eigenvalue weighted by Crippen LogP contribution is 2.14. The number of aromatic nitrogens is 5. The Bertz CT molecular complexity index is 754. The Morgan fingerprint density at radius 2 is 2.25 bits per heavy atom. The monoisotopic (exact) mass is 326 g/mol. The van der Waals surface area contributed by atoms with Crippen LogP contribution in [0.4, 0.5) is 0 Å². The normalized spacial score (nSPS) is 10.7. The zero-order valence-corrected chi connectivity index (χ0v) is 13.1. The second-order valence-electron chi connectivity index (χ2n) is 5.24. The fourth-order valence-electron chi connectivity index (χ4n) is 2.21. The van der Waals surface area contributed by atoms with Crippen molar-refractivity contribution in [2.45, 2.75) is 25.7 Å². The fraction of sp³-hybridized carbons (Fsp3) is 0.312. The molecule has 0 spiro atoms. The van der Waals surface area contributed by atoms with Gasteiger partial charge in [-0.05, 0) is 18.6 Å². The Morgan fingerprint density at radius 3 is 3.04 bits per heavy atom. The van der Waals surface area contributed by atoms with Crippen LogP contribution in [0, 0.1) is 0 Å². The number of rotatable bonds is 8. The molecule has 0 atom stereocenters. The highest BCUT2D eigenvalue weighted by atomic mass is 16.5. The van der Waals surface area contributed by atoms with Gasteiger partial charge < -0.3 is 14.8 Å². The summed E-state index contributed by atoms with van der Waals surface area (Å²) in [4.78, 5) is 27.2. The van der Waals surface area contributed by atoms with Crippen molar-refractivity contribution in [1.82, 2.24) is 30.4 Å². The number of carbonyl (C=O) groups excluding carboxylic acids is 1. The van der Waals surface area contributed by atoms with Crippen LogP contribution in [0.1, 0.15) is 24.6 Å². The summed E-state index contributed by atoms with van der Waals surface area (Å²) >= 11 is 0. The first-order valence-corrected chi connectivity index (χ1v) is 7.79. The topological polar surface area (TPSA) is 110 Å². The molecule has 0 unspecified atom stereocenters. The van der Waals surface area contributed by atoms with E-state index in [2.05, 4.69) is 30.4 Å². The molecule has 0 radical (unpaired) electrons. The quantitative estimate of drug-likeness (QED) is 0.650. The Balaban J connectivity index is 1.37. The fourth-order valence-corrected chi connectivity index (χ4v) is 2.21. The molecule has 0 aromatic carbocycles. The molecule has 2 N–H and O–H groups in total. The SMILES string of the molecule is O=C(CCCc1nc(-c2cccnc2)no1)NCCc1ncc[nH]1. The molecule has 124 valence electrons. The van der Waals surface area contributed by atoms with Crippen molar-refractivity contribution in [3.63, 3.8) is 0 Å². The summed E-state index contributed by atoms with van der Waals surface area (Å²) in [6.07, 6.45) is 9.17. The van der Waals surface area contributed by atoms with Crippen LogP contribution in [0.25, 0.3) is 11.4 Å². The minimum absolute atomic E-state index is 0.00792. The number of nitrogens with zero attached hydrogens (tertiary/aromatic N) is 4. The van der Waals surface area contributed by atoms with Crippen molar-refractivity contribution in [3.8, 4) is 11.4 Å². The molecular formula is C16H18N6O2. The lowest BCUT2D eigenvalue weighted by atomic mass is 10.2. The van der Waals surface area contributed by atoms with E-state index >= 15 is 0 Å². The van der Waals surface area contributed by atoms with Gasteiger partial charge in [-0.15, -0.1) is 0 Å². The molecule has 1 amide bonds. The van der Waals surface area contributed by atoms with E-state index in [1.165, 1.54) is 0 Å². The molecule has 0 aliphatic carbocycles. The zero-order valence-electron chi connectivity index (χ0n) is 13.1. The van der Waals surface area contributed by atoms with Crippen molar-refractivity contribution < 1.29 is 9.32 Å². The van der Waals surface area contributed by atoms with Crippen LogP contribution < -0.4 is 5.32 Å². The van der Waals surface area contributed by atoms with Gasteiger partial charge in [-0.2, -0.15) is 4.98 Å². The van der Waals surface area contributed by atoms with Crippen molar-refractivity contribution in [2.24, 2.45) is 0 Å². The summed E-state index contributed by atoms with van der Waals surface area (Å²) in [6, 6.07) is 3.69. The third-order valence-corrected chi connectivity index (χ3v) is 3.42. The Morgan fingerprint density at radius 1 is 1.29 bits per heavy atom. The largest absolute Gasteiger partial charge is 0.356 e. The Hall–Kier alpha value is -3.03. The van der Waals surface area contributed by atoms with E-state index in [-0.39, 0.29) is 5.91 Å².